The van der Waals surface area contributed by atoms with Gasteiger partial charge >= 0.3 is 6.09 Å². The lowest BCUT2D eigenvalue weighted by atomic mass is 10.1. The first-order valence-corrected chi connectivity index (χ1v) is 12.5. The number of rotatable bonds is 9. The van der Waals surface area contributed by atoms with Gasteiger partial charge in [0.1, 0.15) is 5.60 Å². The van der Waals surface area contributed by atoms with Crippen molar-refractivity contribution in [2.24, 2.45) is 5.92 Å². The van der Waals surface area contributed by atoms with Crippen molar-refractivity contribution in [1.82, 2.24) is 15.5 Å². The number of amides is 4. The molecule has 0 aromatic heterocycles. The molecule has 198 valence electrons. The van der Waals surface area contributed by atoms with E-state index >= 15 is 0 Å². The van der Waals surface area contributed by atoms with Gasteiger partial charge < -0.3 is 25.6 Å². The number of alkyl carbamates (subject to hydrolysis) is 1. The first-order valence-electron chi connectivity index (χ1n) is 12.5. The van der Waals surface area contributed by atoms with Crippen LogP contribution >= 0.6 is 0 Å². The van der Waals surface area contributed by atoms with Gasteiger partial charge in [0.15, 0.2) is 0 Å². The number of hydrogen-bond acceptors (Lipinski definition) is 5. The van der Waals surface area contributed by atoms with E-state index in [1.807, 2.05) is 49.4 Å². The monoisotopic (exact) mass is 508 g/mol. The van der Waals surface area contributed by atoms with Crippen LogP contribution in [0.25, 0.3) is 0 Å². The first kappa shape index (κ1) is 27.7. The Hall–Kier alpha value is -3.88. The molecular weight excluding hydrogens is 472 g/mol. The number of carbonyl (C=O) groups excluding carboxylic acids is 4. The molecule has 3 N–H and O–H groups in total. The van der Waals surface area contributed by atoms with Gasteiger partial charge in [0.05, 0.1) is 12.0 Å². The molecule has 37 heavy (non-hydrogen) atoms. The minimum atomic E-state index is -0.594. The van der Waals surface area contributed by atoms with E-state index in [1.54, 1.807) is 37.8 Å². The molecule has 9 nitrogen and oxygen atoms in total. The van der Waals surface area contributed by atoms with E-state index in [4.69, 9.17) is 4.74 Å². The Morgan fingerprint density at radius 3 is 2.35 bits per heavy atom. The maximum absolute atomic E-state index is 12.7. The van der Waals surface area contributed by atoms with Crippen LogP contribution in [-0.4, -0.2) is 47.4 Å². The van der Waals surface area contributed by atoms with Crippen molar-refractivity contribution in [2.45, 2.75) is 58.7 Å². The van der Waals surface area contributed by atoms with Crippen molar-refractivity contribution in [1.29, 1.82) is 0 Å². The topological polar surface area (TPSA) is 117 Å². The van der Waals surface area contributed by atoms with Gasteiger partial charge in [0.2, 0.25) is 17.7 Å². The van der Waals surface area contributed by atoms with Crippen LogP contribution in [0, 0.1) is 5.92 Å². The van der Waals surface area contributed by atoms with Crippen LogP contribution in [0.5, 0.6) is 0 Å². The minimum Gasteiger partial charge on any atom is -0.444 e. The molecule has 1 fully saturated rings. The fourth-order valence-electron chi connectivity index (χ4n) is 4.05. The van der Waals surface area contributed by atoms with Crippen LogP contribution in [0.4, 0.5) is 10.5 Å². The SMILES string of the molecule is CC(c1ccccc1)N1CC(C(=O)NCc2ccc(NC(=O)CCNC(=O)OC(C)(C)C)cc2)CC1=O. The van der Waals surface area contributed by atoms with Crippen LogP contribution in [0.2, 0.25) is 0 Å². The smallest absolute Gasteiger partial charge is 0.407 e. The normalized spacial score (nSPS) is 16.2. The third-order valence-corrected chi connectivity index (χ3v) is 6.00. The molecule has 1 heterocycles. The van der Waals surface area contributed by atoms with Crippen molar-refractivity contribution >= 4 is 29.5 Å². The van der Waals surface area contributed by atoms with E-state index < -0.39 is 11.7 Å². The Balaban J connectivity index is 1.40. The molecule has 1 aliphatic heterocycles. The van der Waals surface area contributed by atoms with E-state index in [1.165, 1.54) is 0 Å². The Kier molecular flexibility index (Phi) is 9.27. The highest BCUT2D eigenvalue weighted by molar-refractivity contribution is 5.91. The van der Waals surface area contributed by atoms with Crippen molar-refractivity contribution < 1.29 is 23.9 Å². The summed E-state index contributed by atoms with van der Waals surface area (Å²) in [5, 5.41) is 8.24. The van der Waals surface area contributed by atoms with Gasteiger partial charge in [-0.3, -0.25) is 14.4 Å². The Labute approximate surface area is 217 Å². The van der Waals surface area contributed by atoms with Gasteiger partial charge in [-0.15, -0.1) is 0 Å². The third-order valence-electron chi connectivity index (χ3n) is 6.00. The number of carbonyl (C=O) groups is 4. The van der Waals surface area contributed by atoms with Gasteiger partial charge in [-0.2, -0.15) is 0 Å². The molecule has 0 spiro atoms. The van der Waals surface area contributed by atoms with E-state index in [-0.39, 0.29) is 49.1 Å². The predicted molar refractivity (Wildman–Crippen MR) is 140 cm³/mol. The van der Waals surface area contributed by atoms with Crippen molar-refractivity contribution in [3.63, 3.8) is 0 Å². The average molecular weight is 509 g/mol. The molecule has 2 atom stereocenters. The van der Waals surface area contributed by atoms with E-state index in [9.17, 15) is 19.2 Å². The van der Waals surface area contributed by atoms with Gasteiger partial charge in [-0.25, -0.2) is 4.79 Å². The molecule has 0 saturated carbocycles. The Morgan fingerprint density at radius 1 is 1.03 bits per heavy atom. The zero-order valence-corrected chi connectivity index (χ0v) is 21.9. The number of benzene rings is 2. The summed E-state index contributed by atoms with van der Waals surface area (Å²) in [6.45, 7) is 8.17. The number of likely N-dealkylation sites (tertiary alicyclic amines) is 1. The number of anilines is 1. The van der Waals surface area contributed by atoms with Crippen LogP contribution in [0.1, 0.15) is 57.7 Å². The number of nitrogens with one attached hydrogen (secondary N) is 3. The fraction of sp³-hybridized carbons (Fsp3) is 0.429. The molecule has 2 unspecified atom stereocenters. The lowest BCUT2D eigenvalue weighted by molar-refractivity contribution is -0.130. The van der Waals surface area contributed by atoms with Gasteiger partial charge in [0, 0.05) is 38.2 Å². The molecule has 1 aliphatic rings. The van der Waals surface area contributed by atoms with Gasteiger partial charge in [0.25, 0.3) is 0 Å². The van der Waals surface area contributed by atoms with Gasteiger partial charge in [-0.05, 0) is 51.0 Å². The second-order valence-electron chi connectivity index (χ2n) is 10.2. The molecule has 3 rings (SSSR count). The molecule has 2 aromatic carbocycles. The zero-order chi connectivity index (χ0) is 27.0. The summed E-state index contributed by atoms with van der Waals surface area (Å²) in [4.78, 5) is 50.8. The van der Waals surface area contributed by atoms with Crippen LogP contribution in [0.15, 0.2) is 54.6 Å². The average Bonchev–Trinajstić information content (AvgIpc) is 3.24. The molecule has 0 bridgehead atoms. The molecule has 9 heteroatoms. The number of ether oxygens (including phenoxy) is 1. The standard InChI is InChI=1S/C28H36N4O5/c1-19(21-8-6-5-7-9-21)32-18-22(16-25(32)34)26(35)30-17-20-10-12-23(13-11-20)31-24(33)14-15-29-27(36)37-28(2,3)4/h5-13,19,22H,14-18H2,1-4H3,(H,29,36)(H,30,35)(H,31,33). The third kappa shape index (κ3) is 8.63. The largest absolute Gasteiger partial charge is 0.444 e. The summed E-state index contributed by atoms with van der Waals surface area (Å²) in [5.41, 5.74) is 1.94. The lowest BCUT2D eigenvalue weighted by Crippen LogP contribution is -2.34. The van der Waals surface area contributed by atoms with Crippen molar-refractivity contribution in [2.75, 3.05) is 18.4 Å². The van der Waals surface area contributed by atoms with E-state index in [0.717, 1.165) is 11.1 Å². The van der Waals surface area contributed by atoms with Gasteiger partial charge in [-0.1, -0.05) is 42.5 Å². The Bertz CT molecular complexity index is 1100. The highest BCUT2D eigenvalue weighted by atomic mass is 16.6. The number of nitrogens with zero attached hydrogens (tertiary/aromatic N) is 1. The summed E-state index contributed by atoms with van der Waals surface area (Å²) in [6.07, 6.45) is -0.250. The summed E-state index contributed by atoms with van der Waals surface area (Å²) >= 11 is 0. The van der Waals surface area contributed by atoms with Crippen LogP contribution < -0.4 is 16.0 Å². The highest BCUT2D eigenvalue weighted by Gasteiger charge is 2.36. The molecule has 0 radical (unpaired) electrons. The van der Waals surface area contributed by atoms with Crippen molar-refractivity contribution in [3.05, 3.63) is 65.7 Å². The summed E-state index contributed by atoms with van der Waals surface area (Å²) in [7, 11) is 0. The maximum atomic E-state index is 12.7. The summed E-state index contributed by atoms with van der Waals surface area (Å²) in [6, 6.07) is 16.8. The maximum Gasteiger partial charge on any atom is 0.407 e. The molecule has 0 aliphatic carbocycles. The number of hydrogen-bond donors (Lipinski definition) is 3. The minimum absolute atomic E-state index is 0.0158. The first-order chi connectivity index (χ1) is 17.5. The zero-order valence-electron chi connectivity index (χ0n) is 21.9. The van der Waals surface area contributed by atoms with E-state index in [0.29, 0.717) is 18.8 Å². The lowest BCUT2D eigenvalue weighted by Gasteiger charge is -2.25. The second kappa shape index (κ2) is 12.4. The fourth-order valence-corrected chi connectivity index (χ4v) is 4.05. The predicted octanol–water partition coefficient (Wildman–Crippen LogP) is 3.77. The molecule has 4 amide bonds. The molecular formula is C28H36N4O5. The summed E-state index contributed by atoms with van der Waals surface area (Å²) in [5.74, 6) is -0.785. The van der Waals surface area contributed by atoms with E-state index in [2.05, 4.69) is 16.0 Å². The molecule has 2 aromatic rings. The Morgan fingerprint density at radius 2 is 1.70 bits per heavy atom. The summed E-state index contributed by atoms with van der Waals surface area (Å²) < 4.78 is 5.13. The quantitative estimate of drug-likeness (QED) is 0.477. The van der Waals surface area contributed by atoms with Crippen molar-refractivity contribution in [3.8, 4) is 0 Å². The highest BCUT2D eigenvalue weighted by Crippen LogP contribution is 2.28. The second-order valence-corrected chi connectivity index (χ2v) is 10.2. The van der Waals surface area contributed by atoms with Crippen LogP contribution in [0.3, 0.4) is 0 Å². The van der Waals surface area contributed by atoms with Crippen LogP contribution in [-0.2, 0) is 25.7 Å². The molecule has 1 saturated heterocycles.